The monoisotopic (exact) mass is 393 g/mol. The van der Waals surface area contributed by atoms with E-state index in [1.165, 1.54) is 0 Å². The van der Waals surface area contributed by atoms with Gasteiger partial charge in [-0.05, 0) is 37.8 Å². The van der Waals surface area contributed by atoms with E-state index in [2.05, 4.69) is 6.07 Å². The second-order valence-electron chi connectivity index (χ2n) is 8.73. The smallest absolute Gasteiger partial charge is 0.315 e. The van der Waals surface area contributed by atoms with E-state index in [0.29, 0.717) is 13.0 Å². The van der Waals surface area contributed by atoms with Crippen LogP contribution in [0.5, 0.6) is 0 Å². The third-order valence-corrected chi connectivity index (χ3v) is 7.17. The Hall–Kier alpha value is -2.56. The van der Waals surface area contributed by atoms with E-state index in [-0.39, 0.29) is 24.9 Å². The van der Waals surface area contributed by atoms with Crippen LogP contribution in [0.25, 0.3) is 0 Å². The summed E-state index contributed by atoms with van der Waals surface area (Å²) in [6.07, 6.45) is 5.34. The fourth-order valence-electron chi connectivity index (χ4n) is 6.00. The van der Waals surface area contributed by atoms with Crippen molar-refractivity contribution in [3.05, 3.63) is 59.0 Å². The summed E-state index contributed by atoms with van der Waals surface area (Å²) >= 11 is 0. The van der Waals surface area contributed by atoms with E-state index >= 15 is 0 Å². The Labute approximate surface area is 171 Å². The van der Waals surface area contributed by atoms with Gasteiger partial charge in [-0.2, -0.15) is 0 Å². The molecule has 1 spiro atoms. The summed E-state index contributed by atoms with van der Waals surface area (Å²) in [6.45, 7) is 2.86. The van der Waals surface area contributed by atoms with Crippen LogP contribution in [0.1, 0.15) is 61.2 Å². The van der Waals surface area contributed by atoms with Gasteiger partial charge in [0, 0.05) is 24.9 Å². The van der Waals surface area contributed by atoms with Gasteiger partial charge < -0.3 is 14.1 Å². The highest BCUT2D eigenvalue weighted by atomic mass is 16.5. The summed E-state index contributed by atoms with van der Waals surface area (Å²) in [6, 6.07) is 11.8. The minimum atomic E-state index is -0.827. The van der Waals surface area contributed by atoms with Crippen LogP contribution < -0.4 is 0 Å². The maximum absolute atomic E-state index is 13.7. The fourth-order valence-corrected chi connectivity index (χ4v) is 6.00. The molecule has 3 aliphatic rings. The molecule has 2 aromatic rings. The number of carbonyl (C=O) groups excluding carboxylic acids is 2. The Morgan fingerprint density at radius 2 is 1.97 bits per heavy atom. The maximum Gasteiger partial charge on any atom is 0.315 e. The fraction of sp³-hybridized carbons (Fsp3) is 0.500. The number of nitrogens with zero attached hydrogens (tertiary/aromatic N) is 1. The summed E-state index contributed by atoms with van der Waals surface area (Å²) in [4.78, 5) is 28.9. The van der Waals surface area contributed by atoms with Crippen molar-refractivity contribution in [3.8, 4) is 0 Å². The number of hydrogen-bond donors (Lipinski definition) is 0. The Bertz CT molecular complexity index is 949. The van der Waals surface area contributed by atoms with Crippen LogP contribution in [0.2, 0.25) is 0 Å². The predicted octanol–water partition coefficient (Wildman–Crippen LogP) is 4.27. The van der Waals surface area contributed by atoms with Gasteiger partial charge in [0.2, 0.25) is 5.91 Å². The van der Waals surface area contributed by atoms with Crippen LogP contribution in [0.3, 0.4) is 0 Å². The molecule has 152 valence electrons. The number of rotatable bonds is 3. The number of fused-ring (bicyclic) bond motifs is 1. The molecule has 5 rings (SSSR count). The molecule has 5 heteroatoms. The standard InChI is InChI=1S/C24H27NO4/c1-17-14-19-20(29-17)10-7-13-25-21(26)15-23(11-5-6-12-24(19,23)25)22(27)28-16-18-8-3-2-4-9-18/h2-4,8-9,14H,5-7,10-13,15-16H2,1H3/t23-,24-/m0/s1. The highest BCUT2D eigenvalue weighted by Gasteiger charge is 2.69. The Morgan fingerprint density at radius 3 is 2.79 bits per heavy atom. The average molecular weight is 393 g/mol. The largest absolute Gasteiger partial charge is 0.466 e. The van der Waals surface area contributed by atoms with E-state index in [9.17, 15) is 9.59 Å². The first kappa shape index (κ1) is 18.5. The number of furan rings is 1. The molecule has 0 bridgehead atoms. The molecule has 1 aromatic carbocycles. The number of hydrogen-bond acceptors (Lipinski definition) is 4. The van der Waals surface area contributed by atoms with Crippen LogP contribution in [0.4, 0.5) is 0 Å². The van der Waals surface area contributed by atoms with Crippen molar-refractivity contribution in [3.63, 3.8) is 0 Å². The molecule has 1 amide bonds. The summed E-state index contributed by atoms with van der Waals surface area (Å²) < 4.78 is 11.9. The molecule has 0 unspecified atom stereocenters. The lowest BCUT2D eigenvalue weighted by Gasteiger charge is -2.50. The number of ether oxygens (including phenoxy) is 1. The van der Waals surface area contributed by atoms with Crippen molar-refractivity contribution in [2.24, 2.45) is 5.41 Å². The quantitative estimate of drug-likeness (QED) is 0.731. The van der Waals surface area contributed by atoms with Gasteiger partial charge >= 0.3 is 5.97 Å². The van der Waals surface area contributed by atoms with Crippen molar-refractivity contribution in [2.45, 2.75) is 64.0 Å². The van der Waals surface area contributed by atoms with Crippen molar-refractivity contribution in [1.82, 2.24) is 4.90 Å². The van der Waals surface area contributed by atoms with Gasteiger partial charge in [0.05, 0.1) is 5.54 Å². The molecule has 0 radical (unpaired) electrons. The number of amides is 1. The summed E-state index contributed by atoms with van der Waals surface area (Å²) in [5.74, 6) is 1.64. The second kappa shape index (κ2) is 6.75. The molecule has 2 fully saturated rings. The van der Waals surface area contributed by atoms with Gasteiger partial charge in [0.25, 0.3) is 0 Å². The topological polar surface area (TPSA) is 59.8 Å². The number of aryl methyl sites for hydroxylation is 2. The van der Waals surface area contributed by atoms with Gasteiger partial charge in [-0.3, -0.25) is 9.59 Å². The van der Waals surface area contributed by atoms with Crippen molar-refractivity contribution < 1.29 is 18.7 Å². The first-order valence-corrected chi connectivity index (χ1v) is 10.7. The summed E-state index contributed by atoms with van der Waals surface area (Å²) in [7, 11) is 0. The maximum atomic E-state index is 13.7. The van der Waals surface area contributed by atoms with Crippen molar-refractivity contribution in [1.29, 1.82) is 0 Å². The van der Waals surface area contributed by atoms with Gasteiger partial charge in [-0.1, -0.05) is 43.2 Å². The zero-order valence-corrected chi connectivity index (χ0v) is 16.9. The minimum absolute atomic E-state index is 0.0789. The van der Waals surface area contributed by atoms with Gasteiger partial charge in [0.1, 0.15) is 23.5 Å². The molecule has 1 saturated heterocycles. The molecule has 2 aliphatic heterocycles. The average Bonchev–Trinajstić information content (AvgIpc) is 3.18. The van der Waals surface area contributed by atoms with E-state index in [1.807, 2.05) is 42.2 Å². The summed E-state index contributed by atoms with van der Waals surface area (Å²) in [5.41, 5.74) is 0.561. The lowest BCUT2D eigenvalue weighted by atomic mass is 9.58. The van der Waals surface area contributed by atoms with Crippen LogP contribution in [-0.2, 0) is 32.9 Å². The lowest BCUT2D eigenvalue weighted by Crippen LogP contribution is -2.57. The number of esters is 1. The molecule has 3 heterocycles. The highest BCUT2D eigenvalue weighted by molar-refractivity contribution is 5.93. The third kappa shape index (κ3) is 2.59. The number of carbonyl (C=O) groups is 2. The van der Waals surface area contributed by atoms with Gasteiger partial charge in [-0.25, -0.2) is 0 Å². The SMILES string of the molecule is Cc1cc2c(o1)CCCN1C(=O)C[C@]3(C(=O)OCc4ccccc4)CCCC[C@@]213. The Kier molecular flexibility index (Phi) is 4.30. The molecule has 1 aromatic heterocycles. The van der Waals surface area contributed by atoms with Crippen LogP contribution in [0.15, 0.2) is 40.8 Å². The van der Waals surface area contributed by atoms with Gasteiger partial charge in [0.15, 0.2) is 0 Å². The van der Waals surface area contributed by atoms with E-state index < -0.39 is 11.0 Å². The predicted molar refractivity (Wildman–Crippen MR) is 107 cm³/mol. The molecular weight excluding hydrogens is 366 g/mol. The van der Waals surface area contributed by atoms with E-state index in [1.54, 1.807) is 0 Å². The molecule has 1 saturated carbocycles. The second-order valence-corrected chi connectivity index (χ2v) is 8.73. The molecule has 2 atom stereocenters. The van der Waals surface area contributed by atoms with Crippen LogP contribution in [0, 0.1) is 12.3 Å². The van der Waals surface area contributed by atoms with E-state index in [0.717, 1.165) is 54.8 Å². The normalized spacial score (nSPS) is 28.3. The Morgan fingerprint density at radius 1 is 1.17 bits per heavy atom. The van der Waals surface area contributed by atoms with Crippen LogP contribution in [-0.4, -0.2) is 23.3 Å². The first-order valence-electron chi connectivity index (χ1n) is 10.7. The van der Waals surface area contributed by atoms with Crippen LogP contribution >= 0.6 is 0 Å². The zero-order valence-electron chi connectivity index (χ0n) is 16.9. The molecule has 1 aliphatic carbocycles. The number of benzene rings is 1. The van der Waals surface area contributed by atoms with Crippen molar-refractivity contribution >= 4 is 11.9 Å². The molecule has 5 nitrogen and oxygen atoms in total. The molecule has 0 N–H and O–H groups in total. The third-order valence-electron chi connectivity index (χ3n) is 7.17. The highest BCUT2D eigenvalue weighted by Crippen LogP contribution is 2.62. The molecule has 29 heavy (non-hydrogen) atoms. The lowest BCUT2D eigenvalue weighted by molar-refractivity contribution is -0.168. The first-order chi connectivity index (χ1) is 14.1. The minimum Gasteiger partial charge on any atom is -0.466 e. The summed E-state index contributed by atoms with van der Waals surface area (Å²) in [5, 5.41) is 0. The zero-order chi connectivity index (χ0) is 20.1. The Balaban J connectivity index is 1.58. The van der Waals surface area contributed by atoms with E-state index in [4.69, 9.17) is 9.15 Å². The molecular formula is C24H27NO4. The van der Waals surface area contributed by atoms with Gasteiger partial charge in [-0.15, -0.1) is 0 Å². The van der Waals surface area contributed by atoms with Crippen molar-refractivity contribution in [2.75, 3.05) is 6.54 Å².